The number of para-hydroxylation sites is 2. The van der Waals surface area contributed by atoms with Crippen molar-refractivity contribution >= 4 is 11.0 Å². The van der Waals surface area contributed by atoms with Crippen molar-refractivity contribution in [3.8, 4) is 0 Å². The van der Waals surface area contributed by atoms with Gasteiger partial charge in [0.1, 0.15) is 0 Å². The maximum absolute atomic E-state index is 4.46. The fraction of sp³-hybridized carbons (Fsp3) is 0.294. The Morgan fingerprint density at radius 3 is 2.76 bits per heavy atom. The molecule has 0 saturated heterocycles. The molecule has 4 heteroatoms. The van der Waals surface area contributed by atoms with Crippen LogP contribution in [0.5, 0.6) is 0 Å². The summed E-state index contributed by atoms with van der Waals surface area (Å²) in [6.07, 6.45) is 3.87. The van der Waals surface area contributed by atoms with E-state index in [1.54, 1.807) is 0 Å². The van der Waals surface area contributed by atoms with E-state index in [0.717, 1.165) is 24.3 Å². The van der Waals surface area contributed by atoms with E-state index >= 15 is 0 Å². The fourth-order valence-corrected chi connectivity index (χ4v) is 2.57. The van der Waals surface area contributed by atoms with Crippen LogP contribution in [0.25, 0.3) is 11.0 Å². The van der Waals surface area contributed by atoms with Gasteiger partial charge in [0, 0.05) is 18.4 Å². The first kappa shape index (κ1) is 13.8. The Bertz CT molecular complexity index is 715. The molecule has 1 aromatic carbocycles. The summed E-state index contributed by atoms with van der Waals surface area (Å²) in [6.45, 7) is 5.90. The molecule has 0 aliphatic heterocycles. The van der Waals surface area contributed by atoms with E-state index in [-0.39, 0.29) is 6.04 Å². The Morgan fingerprint density at radius 1 is 1.14 bits per heavy atom. The van der Waals surface area contributed by atoms with Crippen LogP contribution in [0.2, 0.25) is 0 Å². The second-order valence-electron chi connectivity index (χ2n) is 5.23. The molecule has 3 rings (SSSR count). The zero-order valence-electron chi connectivity index (χ0n) is 12.5. The first-order valence-electron chi connectivity index (χ1n) is 7.33. The summed E-state index contributed by atoms with van der Waals surface area (Å²) in [7, 11) is 0. The van der Waals surface area contributed by atoms with Gasteiger partial charge in [-0.25, -0.2) is 4.98 Å². The lowest BCUT2D eigenvalue weighted by atomic mass is 10.1. The number of rotatable bonds is 5. The van der Waals surface area contributed by atoms with Gasteiger partial charge in [-0.2, -0.15) is 0 Å². The summed E-state index contributed by atoms with van der Waals surface area (Å²) in [4.78, 5) is 8.87. The third-order valence-electron chi connectivity index (χ3n) is 3.69. The first-order chi connectivity index (χ1) is 10.3. The van der Waals surface area contributed by atoms with Gasteiger partial charge in [0.2, 0.25) is 0 Å². The van der Waals surface area contributed by atoms with E-state index in [1.165, 1.54) is 11.1 Å². The number of benzene rings is 1. The van der Waals surface area contributed by atoms with E-state index in [4.69, 9.17) is 0 Å². The lowest BCUT2D eigenvalue weighted by molar-refractivity contribution is 0.480. The molecule has 2 heterocycles. The Balaban J connectivity index is 1.89. The summed E-state index contributed by atoms with van der Waals surface area (Å²) in [5.74, 6) is 0. The second-order valence-corrected chi connectivity index (χ2v) is 5.23. The minimum Gasteiger partial charge on any atom is -0.329 e. The number of imidazole rings is 1. The molecule has 21 heavy (non-hydrogen) atoms. The van der Waals surface area contributed by atoms with Gasteiger partial charge >= 0.3 is 0 Å². The Kier molecular flexibility index (Phi) is 3.97. The highest BCUT2D eigenvalue weighted by Crippen LogP contribution is 2.18. The van der Waals surface area contributed by atoms with Gasteiger partial charge in [0.15, 0.2) is 0 Å². The standard InChI is InChI=1S/C17H20N4/c1-3-18-16(14-9-8-13(2)19-10-14)11-21-12-20-15-6-4-5-7-17(15)21/h4-10,12,16,18H,3,11H2,1-2H3. The molecular weight excluding hydrogens is 260 g/mol. The predicted octanol–water partition coefficient (Wildman–Crippen LogP) is 3.09. The zero-order chi connectivity index (χ0) is 14.7. The molecule has 2 aromatic heterocycles. The largest absolute Gasteiger partial charge is 0.329 e. The van der Waals surface area contributed by atoms with E-state index < -0.39 is 0 Å². The molecule has 4 nitrogen and oxygen atoms in total. The monoisotopic (exact) mass is 280 g/mol. The fourth-order valence-electron chi connectivity index (χ4n) is 2.57. The number of fused-ring (bicyclic) bond motifs is 1. The number of nitrogens with zero attached hydrogens (tertiary/aromatic N) is 3. The van der Waals surface area contributed by atoms with Crippen LogP contribution in [0.15, 0.2) is 48.9 Å². The molecule has 0 aliphatic carbocycles. The van der Waals surface area contributed by atoms with Gasteiger partial charge in [-0.05, 0) is 37.2 Å². The highest BCUT2D eigenvalue weighted by molar-refractivity contribution is 5.74. The van der Waals surface area contributed by atoms with Crippen LogP contribution in [0, 0.1) is 6.92 Å². The van der Waals surface area contributed by atoms with Gasteiger partial charge in [0.25, 0.3) is 0 Å². The average Bonchev–Trinajstić information content (AvgIpc) is 2.91. The smallest absolute Gasteiger partial charge is 0.0958 e. The van der Waals surface area contributed by atoms with Crippen molar-refractivity contribution in [2.24, 2.45) is 0 Å². The Hall–Kier alpha value is -2.20. The number of hydrogen-bond donors (Lipinski definition) is 1. The molecule has 1 atom stereocenters. The first-order valence-corrected chi connectivity index (χ1v) is 7.33. The van der Waals surface area contributed by atoms with Crippen molar-refractivity contribution in [2.45, 2.75) is 26.4 Å². The number of nitrogens with one attached hydrogen (secondary N) is 1. The molecule has 3 aromatic rings. The van der Waals surface area contributed by atoms with E-state index in [0.29, 0.717) is 0 Å². The van der Waals surface area contributed by atoms with Gasteiger partial charge in [0.05, 0.1) is 23.4 Å². The number of pyridine rings is 1. The van der Waals surface area contributed by atoms with E-state index in [1.807, 2.05) is 31.6 Å². The van der Waals surface area contributed by atoms with Crippen LogP contribution in [-0.2, 0) is 6.54 Å². The number of aryl methyl sites for hydroxylation is 1. The summed E-state index contributed by atoms with van der Waals surface area (Å²) < 4.78 is 2.20. The van der Waals surface area contributed by atoms with Gasteiger partial charge in [-0.3, -0.25) is 4.98 Å². The Morgan fingerprint density at radius 2 is 2.00 bits per heavy atom. The molecular formula is C17H20N4. The number of likely N-dealkylation sites (N-methyl/N-ethyl adjacent to an activating group) is 1. The molecule has 0 spiro atoms. The summed E-state index contributed by atoms with van der Waals surface area (Å²) in [5, 5.41) is 3.53. The average molecular weight is 280 g/mol. The van der Waals surface area contributed by atoms with Gasteiger partial charge in [-0.1, -0.05) is 25.1 Å². The molecule has 1 N–H and O–H groups in total. The SMILES string of the molecule is CCNC(Cn1cnc2ccccc21)c1ccc(C)nc1. The third kappa shape index (κ3) is 2.95. The maximum atomic E-state index is 4.46. The number of aromatic nitrogens is 3. The minimum absolute atomic E-state index is 0.237. The molecule has 0 amide bonds. The molecule has 0 fully saturated rings. The molecule has 1 unspecified atom stereocenters. The zero-order valence-corrected chi connectivity index (χ0v) is 12.5. The lowest BCUT2D eigenvalue weighted by Crippen LogP contribution is -2.25. The van der Waals surface area contributed by atoms with Crippen molar-refractivity contribution in [1.82, 2.24) is 19.9 Å². The van der Waals surface area contributed by atoms with Gasteiger partial charge in [-0.15, -0.1) is 0 Å². The van der Waals surface area contributed by atoms with Crippen molar-refractivity contribution in [2.75, 3.05) is 6.54 Å². The topological polar surface area (TPSA) is 42.7 Å². The highest BCUT2D eigenvalue weighted by atomic mass is 15.1. The molecule has 0 radical (unpaired) electrons. The van der Waals surface area contributed by atoms with Crippen LogP contribution in [0.1, 0.15) is 24.2 Å². The van der Waals surface area contributed by atoms with E-state index in [9.17, 15) is 0 Å². The van der Waals surface area contributed by atoms with Crippen molar-refractivity contribution in [3.63, 3.8) is 0 Å². The third-order valence-corrected chi connectivity index (χ3v) is 3.69. The molecule has 0 bridgehead atoms. The second kappa shape index (κ2) is 6.06. The quantitative estimate of drug-likeness (QED) is 0.781. The number of hydrogen-bond acceptors (Lipinski definition) is 3. The highest BCUT2D eigenvalue weighted by Gasteiger charge is 2.13. The van der Waals surface area contributed by atoms with Crippen LogP contribution in [0.3, 0.4) is 0 Å². The summed E-state index contributed by atoms with van der Waals surface area (Å²) in [5.41, 5.74) is 4.46. The maximum Gasteiger partial charge on any atom is 0.0958 e. The molecule has 0 saturated carbocycles. The van der Waals surface area contributed by atoms with Crippen molar-refractivity contribution in [3.05, 3.63) is 60.2 Å². The van der Waals surface area contributed by atoms with Crippen LogP contribution in [-0.4, -0.2) is 21.1 Å². The van der Waals surface area contributed by atoms with Crippen molar-refractivity contribution in [1.29, 1.82) is 0 Å². The minimum atomic E-state index is 0.237. The summed E-state index contributed by atoms with van der Waals surface area (Å²) in [6, 6.07) is 12.7. The van der Waals surface area contributed by atoms with E-state index in [2.05, 4.69) is 51.0 Å². The van der Waals surface area contributed by atoms with Crippen molar-refractivity contribution < 1.29 is 0 Å². The lowest BCUT2D eigenvalue weighted by Gasteiger charge is -2.19. The molecule has 108 valence electrons. The molecule has 0 aliphatic rings. The summed E-state index contributed by atoms with van der Waals surface area (Å²) >= 11 is 0. The normalized spacial score (nSPS) is 12.7. The van der Waals surface area contributed by atoms with Crippen LogP contribution >= 0.6 is 0 Å². The predicted molar refractivity (Wildman–Crippen MR) is 85.1 cm³/mol. The van der Waals surface area contributed by atoms with Crippen LogP contribution in [0.4, 0.5) is 0 Å². The Labute approximate surface area is 124 Å². The van der Waals surface area contributed by atoms with Crippen LogP contribution < -0.4 is 5.32 Å². The van der Waals surface area contributed by atoms with Gasteiger partial charge < -0.3 is 9.88 Å².